The normalized spacial score (nSPS) is 22.1. The van der Waals surface area contributed by atoms with E-state index in [0.29, 0.717) is 23.4 Å². The summed E-state index contributed by atoms with van der Waals surface area (Å²) in [7, 11) is 0. The highest BCUT2D eigenvalue weighted by Crippen LogP contribution is 2.23. The van der Waals surface area contributed by atoms with Gasteiger partial charge in [0.25, 0.3) is 11.6 Å². The quantitative estimate of drug-likeness (QED) is 0.461. The highest BCUT2D eigenvalue weighted by molar-refractivity contribution is 9.10. The van der Waals surface area contributed by atoms with Gasteiger partial charge in [-0.2, -0.15) is 0 Å². The van der Waals surface area contributed by atoms with Crippen molar-refractivity contribution in [1.82, 2.24) is 4.90 Å². The minimum absolute atomic E-state index is 0.117. The van der Waals surface area contributed by atoms with E-state index in [1.807, 2.05) is 6.92 Å². The van der Waals surface area contributed by atoms with Gasteiger partial charge in [0.1, 0.15) is 0 Å². The molecule has 1 amide bonds. The van der Waals surface area contributed by atoms with Crippen LogP contribution in [0.4, 0.5) is 5.69 Å². The van der Waals surface area contributed by atoms with Crippen LogP contribution in [0, 0.1) is 10.1 Å². The van der Waals surface area contributed by atoms with Gasteiger partial charge in [-0.05, 0) is 13.0 Å². The predicted molar refractivity (Wildman–Crippen MR) is 81.8 cm³/mol. The number of rotatable bonds is 3. The fourth-order valence-corrected chi connectivity index (χ4v) is 2.93. The van der Waals surface area contributed by atoms with Gasteiger partial charge in [-0.15, -0.1) is 11.6 Å². The van der Waals surface area contributed by atoms with E-state index >= 15 is 0 Å². The first-order valence-corrected chi connectivity index (χ1v) is 7.69. The molecule has 0 saturated carbocycles. The highest BCUT2D eigenvalue weighted by atomic mass is 79.9. The van der Waals surface area contributed by atoms with Crippen molar-refractivity contribution < 1.29 is 14.5 Å². The van der Waals surface area contributed by atoms with Crippen LogP contribution < -0.4 is 0 Å². The first kappa shape index (κ1) is 16.2. The van der Waals surface area contributed by atoms with E-state index in [-0.39, 0.29) is 29.4 Å². The minimum Gasteiger partial charge on any atom is -0.370 e. The monoisotopic (exact) mass is 376 g/mol. The zero-order chi connectivity index (χ0) is 15.6. The van der Waals surface area contributed by atoms with E-state index in [9.17, 15) is 14.9 Å². The van der Waals surface area contributed by atoms with Gasteiger partial charge in [-0.1, -0.05) is 15.9 Å². The van der Waals surface area contributed by atoms with Gasteiger partial charge in [-0.3, -0.25) is 14.9 Å². The topological polar surface area (TPSA) is 72.7 Å². The maximum Gasteiger partial charge on any atom is 0.271 e. The van der Waals surface area contributed by atoms with Crippen molar-refractivity contribution in [1.29, 1.82) is 0 Å². The molecule has 6 nitrogen and oxygen atoms in total. The van der Waals surface area contributed by atoms with Crippen molar-refractivity contribution in [2.24, 2.45) is 0 Å². The molecule has 2 unspecified atom stereocenters. The second-order valence-corrected chi connectivity index (χ2v) is 6.11. The first-order chi connectivity index (χ1) is 9.90. The van der Waals surface area contributed by atoms with Crippen LogP contribution in [0.5, 0.6) is 0 Å². The molecule has 1 heterocycles. The molecule has 1 aliphatic rings. The minimum atomic E-state index is -0.523. The Labute approximate surface area is 135 Å². The van der Waals surface area contributed by atoms with Gasteiger partial charge in [0.05, 0.1) is 23.0 Å². The molecule has 2 atom stereocenters. The summed E-state index contributed by atoms with van der Waals surface area (Å²) in [6, 6.07) is 4.22. The van der Waals surface area contributed by atoms with E-state index in [1.165, 1.54) is 12.1 Å². The Bertz CT molecular complexity index is 569. The molecule has 21 heavy (non-hydrogen) atoms. The lowest BCUT2D eigenvalue weighted by molar-refractivity contribution is -0.385. The molecular weight excluding hydrogens is 364 g/mol. The van der Waals surface area contributed by atoms with Crippen LogP contribution in [-0.2, 0) is 4.74 Å². The van der Waals surface area contributed by atoms with Gasteiger partial charge >= 0.3 is 0 Å². The summed E-state index contributed by atoms with van der Waals surface area (Å²) in [6.45, 7) is 2.68. The molecule has 1 aliphatic heterocycles. The van der Waals surface area contributed by atoms with E-state index in [4.69, 9.17) is 16.3 Å². The number of morpholine rings is 1. The number of non-ortho nitro benzene ring substituents is 1. The van der Waals surface area contributed by atoms with Gasteiger partial charge < -0.3 is 9.64 Å². The van der Waals surface area contributed by atoms with Crippen molar-refractivity contribution in [2.75, 3.05) is 19.0 Å². The molecule has 0 radical (unpaired) electrons. The molecule has 0 bridgehead atoms. The van der Waals surface area contributed by atoms with E-state index in [2.05, 4.69) is 15.9 Å². The average Bonchev–Trinajstić information content (AvgIpc) is 2.45. The fourth-order valence-electron chi connectivity index (χ4n) is 2.28. The standard InChI is InChI=1S/C13H14BrClN2O4/c1-8-6-16(7-12(5-15)21-8)13(18)9-2-10(14)4-11(3-9)17(19)20/h2-4,8,12H,5-7H2,1H3. The summed E-state index contributed by atoms with van der Waals surface area (Å²) in [5.41, 5.74) is 0.154. The van der Waals surface area contributed by atoms with Crippen LogP contribution in [0.25, 0.3) is 0 Å². The summed E-state index contributed by atoms with van der Waals surface area (Å²) in [4.78, 5) is 24.5. The van der Waals surface area contributed by atoms with E-state index in [1.54, 1.807) is 11.0 Å². The molecule has 0 aliphatic carbocycles. The number of ether oxygens (including phenoxy) is 1. The number of carbonyl (C=O) groups is 1. The average molecular weight is 378 g/mol. The number of carbonyl (C=O) groups excluding carboxylic acids is 1. The van der Waals surface area contributed by atoms with Gasteiger partial charge in [0.15, 0.2) is 0 Å². The molecule has 0 aromatic heterocycles. The summed E-state index contributed by atoms with van der Waals surface area (Å²) in [6.07, 6.45) is -0.338. The lowest BCUT2D eigenvalue weighted by Gasteiger charge is -2.36. The Morgan fingerprint density at radius 3 is 2.86 bits per heavy atom. The third kappa shape index (κ3) is 3.93. The summed E-state index contributed by atoms with van der Waals surface area (Å²) >= 11 is 8.98. The van der Waals surface area contributed by atoms with Crippen LogP contribution in [0.1, 0.15) is 17.3 Å². The van der Waals surface area contributed by atoms with Crippen LogP contribution in [0.15, 0.2) is 22.7 Å². The predicted octanol–water partition coefficient (Wildman–Crippen LogP) is 2.83. The number of amides is 1. The smallest absolute Gasteiger partial charge is 0.271 e. The Morgan fingerprint density at radius 1 is 1.52 bits per heavy atom. The Balaban J connectivity index is 2.25. The van der Waals surface area contributed by atoms with Gasteiger partial charge in [-0.25, -0.2) is 0 Å². The summed E-state index contributed by atoms with van der Waals surface area (Å²) in [5.74, 6) is 0.0388. The second-order valence-electron chi connectivity index (χ2n) is 4.89. The van der Waals surface area contributed by atoms with Crippen molar-refractivity contribution in [2.45, 2.75) is 19.1 Å². The van der Waals surface area contributed by atoms with Crippen molar-refractivity contribution in [3.8, 4) is 0 Å². The second kappa shape index (κ2) is 6.72. The van der Waals surface area contributed by atoms with Crippen LogP contribution in [-0.4, -0.2) is 46.9 Å². The summed E-state index contributed by atoms with van der Waals surface area (Å²) < 4.78 is 6.09. The largest absolute Gasteiger partial charge is 0.370 e. The molecule has 8 heteroatoms. The Kier molecular flexibility index (Phi) is 5.18. The van der Waals surface area contributed by atoms with Gasteiger partial charge in [0, 0.05) is 35.3 Å². The van der Waals surface area contributed by atoms with Crippen molar-refractivity contribution in [3.05, 3.63) is 38.3 Å². The first-order valence-electron chi connectivity index (χ1n) is 6.36. The number of hydrogen-bond donors (Lipinski definition) is 0. The number of alkyl halides is 1. The van der Waals surface area contributed by atoms with Crippen molar-refractivity contribution in [3.63, 3.8) is 0 Å². The number of benzene rings is 1. The third-order valence-corrected chi connectivity index (χ3v) is 3.93. The zero-order valence-corrected chi connectivity index (χ0v) is 13.6. The molecular formula is C13H14BrClN2O4. The number of halogens is 2. The summed E-state index contributed by atoms with van der Waals surface area (Å²) in [5, 5.41) is 10.9. The van der Waals surface area contributed by atoms with Gasteiger partial charge in [0.2, 0.25) is 0 Å². The molecule has 0 spiro atoms. The lowest BCUT2D eigenvalue weighted by atomic mass is 10.1. The molecule has 1 saturated heterocycles. The molecule has 114 valence electrons. The van der Waals surface area contributed by atoms with E-state index in [0.717, 1.165) is 0 Å². The van der Waals surface area contributed by atoms with Crippen LogP contribution in [0.3, 0.4) is 0 Å². The molecule has 1 aromatic carbocycles. The maximum atomic E-state index is 12.5. The number of nitrogens with zero attached hydrogens (tertiary/aromatic N) is 2. The molecule has 2 rings (SSSR count). The molecule has 1 fully saturated rings. The fraction of sp³-hybridized carbons (Fsp3) is 0.462. The zero-order valence-electron chi connectivity index (χ0n) is 11.3. The number of nitro groups is 1. The van der Waals surface area contributed by atoms with Crippen LogP contribution in [0.2, 0.25) is 0 Å². The Hall–Kier alpha value is -1.18. The molecule has 1 aromatic rings. The number of hydrogen-bond acceptors (Lipinski definition) is 4. The van der Waals surface area contributed by atoms with Crippen LogP contribution >= 0.6 is 27.5 Å². The maximum absolute atomic E-state index is 12.5. The van der Waals surface area contributed by atoms with E-state index < -0.39 is 4.92 Å². The third-order valence-electron chi connectivity index (χ3n) is 3.13. The Morgan fingerprint density at radius 2 is 2.24 bits per heavy atom. The molecule has 0 N–H and O–H groups in total. The highest BCUT2D eigenvalue weighted by Gasteiger charge is 2.29. The number of nitro benzene ring substituents is 1. The van der Waals surface area contributed by atoms with Crippen molar-refractivity contribution >= 4 is 39.1 Å². The SMILES string of the molecule is CC1CN(C(=O)c2cc(Br)cc([N+](=O)[O-])c2)CC(CCl)O1. The lowest BCUT2D eigenvalue weighted by Crippen LogP contribution is -2.49.